The van der Waals surface area contributed by atoms with Crippen LogP contribution >= 0.6 is 11.3 Å². The highest BCUT2D eigenvalue weighted by Crippen LogP contribution is 2.29. The Kier molecular flexibility index (Phi) is 6.77. The Balaban J connectivity index is 1.97. The first-order chi connectivity index (χ1) is 14.7. The second kappa shape index (κ2) is 9.32. The molecular weight excluding hydrogens is 436 g/mol. The Hall–Kier alpha value is -3.17. The van der Waals surface area contributed by atoms with Gasteiger partial charge in [0.15, 0.2) is 0 Å². The second-order valence-electron chi connectivity index (χ2n) is 6.88. The molecule has 0 bridgehead atoms. The zero-order valence-corrected chi connectivity index (χ0v) is 18.9. The second-order valence-corrected chi connectivity index (χ2v) is 9.62. The topological polar surface area (TPSA) is 92.8 Å². The first kappa shape index (κ1) is 22.5. The molecule has 0 aliphatic carbocycles. The molecule has 0 atom stereocenters. The number of methoxy groups -OCH3 is 1. The molecule has 2 aromatic carbocycles. The first-order valence-electron chi connectivity index (χ1n) is 9.34. The van der Waals surface area contributed by atoms with Gasteiger partial charge in [0.25, 0.3) is 10.0 Å². The molecular formula is C22H22N2O5S2. The van der Waals surface area contributed by atoms with Crippen LogP contribution in [-0.2, 0) is 19.6 Å². The molecule has 7 nitrogen and oxygen atoms in total. The number of nitrogens with one attached hydrogen (secondary N) is 1. The number of aryl methyl sites for hydroxylation is 2. The molecule has 0 aliphatic rings. The number of rotatable bonds is 7. The Bertz CT molecular complexity index is 1180. The average molecular weight is 459 g/mol. The van der Waals surface area contributed by atoms with Gasteiger partial charge >= 0.3 is 5.97 Å². The minimum atomic E-state index is -4.22. The normalized spacial score (nSPS) is 11.1. The number of carbonyl (C=O) groups excluding carboxylic acids is 2. The number of hydrogen-bond donors (Lipinski definition) is 1. The maximum Gasteiger partial charge on any atom is 0.349 e. The molecule has 0 aliphatic heterocycles. The number of thiophene rings is 1. The number of amides is 1. The molecule has 1 amide bonds. The predicted molar refractivity (Wildman–Crippen MR) is 121 cm³/mol. The number of esters is 1. The van der Waals surface area contributed by atoms with Gasteiger partial charge in [0.05, 0.1) is 12.8 Å². The van der Waals surface area contributed by atoms with Crippen LogP contribution in [0.5, 0.6) is 0 Å². The van der Waals surface area contributed by atoms with Crippen LogP contribution in [0, 0.1) is 13.8 Å². The van der Waals surface area contributed by atoms with E-state index in [4.69, 9.17) is 4.74 Å². The summed E-state index contributed by atoms with van der Waals surface area (Å²) in [6.07, 6.45) is 0. The minimum Gasteiger partial charge on any atom is -0.465 e. The van der Waals surface area contributed by atoms with Crippen molar-refractivity contribution in [1.82, 2.24) is 0 Å². The predicted octanol–water partition coefficient (Wildman–Crippen LogP) is 3.99. The third-order valence-electron chi connectivity index (χ3n) is 4.40. The Morgan fingerprint density at radius 2 is 1.68 bits per heavy atom. The van der Waals surface area contributed by atoms with Gasteiger partial charge < -0.3 is 10.1 Å². The van der Waals surface area contributed by atoms with E-state index in [0.717, 1.165) is 26.8 Å². The highest BCUT2D eigenvalue weighted by molar-refractivity contribution is 7.93. The van der Waals surface area contributed by atoms with E-state index in [0.29, 0.717) is 11.4 Å². The molecule has 0 spiro atoms. The molecule has 0 radical (unpaired) electrons. The summed E-state index contributed by atoms with van der Waals surface area (Å²) >= 11 is 0.965. The van der Waals surface area contributed by atoms with Gasteiger partial charge in [-0.1, -0.05) is 24.3 Å². The largest absolute Gasteiger partial charge is 0.465 e. The number of para-hydroxylation sites is 1. The standard InChI is InChI=1S/C22H22N2O5S2/c1-15-11-16(2)13-17(12-15)23-20(25)14-24(18-7-5-4-6-8-18)31(27,28)19-9-10-30-21(19)22(26)29-3/h4-13H,14H2,1-3H3,(H,23,25). The van der Waals surface area contributed by atoms with E-state index in [2.05, 4.69) is 5.32 Å². The van der Waals surface area contributed by atoms with Crippen LogP contribution in [0.15, 0.2) is 64.9 Å². The molecule has 162 valence electrons. The number of benzene rings is 2. The van der Waals surface area contributed by atoms with Crippen LogP contribution in [0.1, 0.15) is 20.8 Å². The minimum absolute atomic E-state index is 0.0434. The van der Waals surface area contributed by atoms with E-state index in [1.807, 2.05) is 19.9 Å². The lowest BCUT2D eigenvalue weighted by Gasteiger charge is -2.24. The fourth-order valence-corrected chi connectivity index (χ4v) is 5.88. The Labute approximate surface area is 185 Å². The van der Waals surface area contributed by atoms with Crippen molar-refractivity contribution in [2.45, 2.75) is 18.7 Å². The molecule has 0 fully saturated rings. The first-order valence-corrected chi connectivity index (χ1v) is 11.7. The SMILES string of the molecule is COC(=O)c1sccc1S(=O)(=O)N(CC(=O)Nc1cc(C)cc(C)c1)c1ccccc1. The van der Waals surface area contributed by atoms with E-state index >= 15 is 0 Å². The van der Waals surface area contributed by atoms with Crippen molar-refractivity contribution < 1.29 is 22.7 Å². The van der Waals surface area contributed by atoms with Crippen LogP contribution in [0.2, 0.25) is 0 Å². The van der Waals surface area contributed by atoms with Crippen molar-refractivity contribution >= 4 is 44.6 Å². The van der Waals surface area contributed by atoms with Crippen molar-refractivity contribution in [3.8, 4) is 0 Å². The van der Waals surface area contributed by atoms with Crippen molar-refractivity contribution in [2.75, 3.05) is 23.3 Å². The number of hydrogen-bond acceptors (Lipinski definition) is 6. The Morgan fingerprint density at radius 1 is 1.03 bits per heavy atom. The van der Waals surface area contributed by atoms with Crippen LogP contribution in [-0.4, -0.2) is 33.9 Å². The number of ether oxygens (including phenoxy) is 1. The Morgan fingerprint density at radius 3 is 2.29 bits per heavy atom. The van der Waals surface area contributed by atoms with Crippen LogP contribution in [0.4, 0.5) is 11.4 Å². The van der Waals surface area contributed by atoms with E-state index in [1.165, 1.54) is 18.6 Å². The van der Waals surface area contributed by atoms with Gasteiger partial charge in [0.1, 0.15) is 16.3 Å². The van der Waals surface area contributed by atoms with Crippen molar-refractivity contribution in [3.05, 3.63) is 76.0 Å². The smallest absolute Gasteiger partial charge is 0.349 e. The van der Waals surface area contributed by atoms with E-state index in [-0.39, 0.29) is 9.77 Å². The molecule has 9 heteroatoms. The summed E-state index contributed by atoms with van der Waals surface area (Å²) in [6, 6.07) is 15.2. The summed E-state index contributed by atoms with van der Waals surface area (Å²) in [6.45, 7) is 3.36. The van der Waals surface area contributed by atoms with Gasteiger partial charge in [0, 0.05) is 5.69 Å². The molecule has 3 aromatic rings. The van der Waals surface area contributed by atoms with Gasteiger partial charge in [-0.25, -0.2) is 13.2 Å². The highest BCUT2D eigenvalue weighted by Gasteiger charge is 2.32. The summed E-state index contributed by atoms with van der Waals surface area (Å²) in [7, 11) is -3.03. The number of anilines is 2. The summed E-state index contributed by atoms with van der Waals surface area (Å²) in [5.74, 6) is -1.26. The van der Waals surface area contributed by atoms with Crippen molar-refractivity contribution in [1.29, 1.82) is 0 Å². The van der Waals surface area contributed by atoms with Crippen LogP contribution < -0.4 is 9.62 Å². The zero-order valence-electron chi connectivity index (χ0n) is 17.3. The molecule has 0 unspecified atom stereocenters. The maximum absolute atomic E-state index is 13.5. The third kappa shape index (κ3) is 5.12. The van der Waals surface area contributed by atoms with Gasteiger partial charge in [0.2, 0.25) is 5.91 Å². The number of carbonyl (C=O) groups is 2. The maximum atomic E-state index is 13.5. The van der Waals surface area contributed by atoms with Gasteiger partial charge in [-0.15, -0.1) is 11.3 Å². The van der Waals surface area contributed by atoms with E-state index in [1.54, 1.807) is 42.5 Å². The molecule has 0 saturated heterocycles. The lowest BCUT2D eigenvalue weighted by Crippen LogP contribution is -2.38. The number of sulfonamides is 1. The van der Waals surface area contributed by atoms with Crippen molar-refractivity contribution in [2.24, 2.45) is 0 Å². The van der Waals surface area contributed by atoms with E-state index in [9.17, 15) is 18.0 Å². The summed E-state index contributed by atoms with van der Waals surface area (Å²) < 4.78 is 32.6. The number of nitrogens with zero attached hydrogens (tertiary/aromatic N) is 1. The van der Waals surface area contributed by atoms with Gasteiger partial charge in [-0.3, -0.25) is 9.10 Å². The summed E-state index contributed by atoms with van der Waals surface area (Å²) in [5, 5.41) is 4.25. The van der Waals surface area contributed by atoms with Crippen molar-refractivity contribution in [3.63, 3.8) is 0 Å². The zero-order chi connectivity index (χ0) is 22.6. The molecule has 1 heterocycles. The lowest BCUT2D eigenvalue weighted by molar-refractivity contribution is -0.114. The van der Waals surface area contributed by atoms with E-state index < -0.39 is 28.4 Å². The monoisotopic (exact) mass is 458 g/mol. The fourth-order valence-electron chi connectivity index (χ4n) is 3.15. The summed E-state index contributed by atoms with van der Waals surface area (Å²) in [5.41, 5.74) is 2.84. The highest BCUT2D eigenvalue weighted by atomic mass is 32.2. The molecule has 1 N–H and O–H groups in total. The summed E-state index contributed by atoms with van der Waals surface area (Å²) in [4.78, 5) is 24.6. The quantitative estimate of drug-likeness (QED) is 0.541. The average Bonchev–Trinajstić information content (AvgIpc) is 3.22. The molecule has 31 heavy (non-hydrogen) atoms. The lowest BCUT2D eigenvalue weighted by atomic mass is 10.1. The van der Waals surface area contributed by atoms with Crippen LogP contribution in [0.3, 0.4) is 0 Å². The molecule has 0 saturated carbocycles. The van der Waals surface area contributed by atoms with Crippen LogP contribution in [0.25, 0.3) is 0 Å². The van der Waals surface area contributed by atoms with Gasteiger partial charge in [-0.2, -0.15) is 0 Å². The molecule has 3 rings (SSSR count). The molecule has 1 aromatic heterocycles. The third-order valence-corrected chi connectivity index (χ3v) is 7.24. The van der Waals surface area contributed by atoms with Gasteiger partial charge in [-0.05, 0) is 60.7 Å². The fraction of sp³-hybridized carbons (Fsp3) is 0.182.